The summed E-state index contributed by atoms with van der Waals surface area (Å²) >= 11 is 0. The van der Waals surface area contributed by atoms with Crippen LogP contribution in [0.2, 0.25) is 0 Å². The Morgan fingerprint density at radius 3 is 2.44 bits per heavy atom. The van der Waals surface area contributed by atoms with Gasteiger partial charge in [-0.1, -0.05) is 0 Å². The van der Waals surface area contributed by atoms with Crippen molar-refractivity contribution in [2.45, 2.75) is 44.6 Å². The van der Waals surface area contributed by atoms with E-state index < -0.39 is 0 Å². The van der Waals surface area contributed by atoms with Crippen LogP contribution in [0.3, 0.4) is 0 Å². The van der Waals surface area contributed by atoms with E-state index in [1.807, 2.05) is 0 Å². The Bertz CT molecular complexity index is 226. The van der Waals surface area contributed by atoms with E-state index in [4.69, 9.17) is 4.74 Å². The summed E-state index contributed by atoms with van der Waals surface area (Å²) in [6.07, 6.45) is 6.13. The number of Topliss-reactive ketones (excluding diaryl/α,β-unsaturated/α-hetero) is 1. The lowest BCUT2D eigenvalue weighted by Crippen LogP contribution is -2.39. The zero-order valence-corrected chi connectivity index (χ0v) is 10.3. The van der Waals surface area contributed by atoms with Gasteiger partial charge in [-0.05, 0) is 38.6 Å². The number of hydrogen-bond acceptors (Lipinski definition) is 3. The second kappa shape index (κ2) is 5.78. The number of rotatable bonds is 3. The van der Waals surface area contributed by atoms with E-state index in [0.717, 1.165) is 44.8 Å². The maximum absolute atomic E-state index is 11.2. The van der Waals surface area contributed by atoms with Crippen LogP contribution in [0, 0.1) is 5.92 Å². The van der Waals surface area contributed by atoms with Crippen LogP contribution in [0.15, 0.2) is 0 Å². The second-order valence-electron chi connectivity index (χ2n) is 5.27. The Morgan fingerprint density at radius 1 is 1.19 bits per heavy atom. The SMILES string of the molecule is CN(CC1CCOCC1)C1CCC(=O)CC1. The van der Waals surface area contributed by atoms with Crippen molar-refractivity contribution in [3.63, 3.8) is 0 Å². The lowest BCUT2D eigenvalue weighted by molar-refractivity contribution is -0.121. The van der Waals surface area contributed by atoms with Gasteiger partial charge < -0.3 is 9.64 Å². The summed E-state index contributed by atoms with van der Waals surface area (Å²) in [6, 6.07) is 0.639. The van der Waals surface area contributed by atoms with Gasteiger partial charge in [0.05, 0.1) is 0 Å². The third-order valence-electron chi connectivity index (χ3n) is 4.02. The van der Waals surface area contributed by atoms with E-state index >= 15 is 0 Å². The fraction of sp³-hybridized carbons (Fsp3) is 0.923. The Labute approximate surface area is 98.1 Å². The van der Waals surface area contributed by atoms with Crippen molar-refractivity contribution < 1.29 is 9.53 Å². The number of nitrogens with zero attached hydrogens (tertiary/aromatic N) is 1. The standard InChI is InChI=1S/C13H23NO2/c1-14(10-11-6-8-16-9-7-11)12-2-4-13(15)5-3-12/h11-12H,2-10H2,1H3. The van der Waals surface area contributed by atoms with Crippen molar-refractivity contribution >= 4 is 5.78 Å². The zero-order chi connectivity index (χ0) is 11.4. The molecular weight excluding hydrogens is 202 g/mol. The quantitative estimate of drug-likeness (QED) is 0.734. The molecule has 1 aliphatic heterocycles. The molecule has 1 heterocycles. The summed E-state index contributed by atoms with van der Waals surface area (Å²) in [6.45, 7) is 3.05. The van der Waals surface area contributed by atoms with Gasteiger partial charge in [0.1, 0.15) is 5.78 Å². The first-order valence-electron chi connectivity index (χ1n) is 6.55. The first-order chi connectivity index (χ1) is 7.75. The van der Waals surface area contributed by atoms with Gasteiger partial charge in [-0.25, -0.2) is 0 Å². The molecule has 0 amide bonds. The minimum atomic E-state index is 0.454. The summed E-state index contributed by atoms with van der Waals surface area (Å²) in [7, 11) is 2.22. The van der Waals surface area contributed by atoms with E-state index in [0.29, 0.717) is 11.8 Å². The van der Waals surface area contributed by atoms with Crippen LogP contribution in [0.4, 0.5) is 0 Å². The van der Waals surface area contributed by atoms with E-state index in [1.54, 1.807) is 0 Å². The van der Waals surface area contributed by atoms with Gasteiger partial charge in [0, 0.05) is 38.6 Å². The Hall–Kier alpha value is -0.410. The van der Waals surface area contributed by atoms with Gasteiger partial charge in [0.25, 0.3) is 0 Å². The minimum absolute atomic E-state index is 0.454. The summed E-state index contributed by atoms with van der Waals surface area (Å²) in [5.74, 6) is 1.26. The number of carbonyl (C=O) groups excluding carboxylic acids is 1. The van der Waals surface area contributed by atoms with Crippen LogP contribution in [-0.4, -0.2) is 43.5 Å². The number of hydrogen-bond donors (Lipinski definition) is 0. The van der Waals surface area contributed by atoms with Crippen LogP contribution in [0.25, 0.3) is 0 Å². The molecule has 0 aromatic heterocycles. The molecule has 0 bridgehead atoms. The minimum Gasteiger partial charge on any atom is -0.381 e. The Kier molecular flexibility index (Phi) is 4.36. The molecule has 3 nitrogen and oxygen atoms in total. The molecule has 2 fully saturated rings. The lowest BCUT2D eigenvalue weighted by Gasteiger charge is -2.34. The first-order valence-corrected chi connectivity index (χ1v) is 6.55. The van der Waals surface area contributed by atoms with Gasteiger partial charge in [-0.3, -0.25) is 4.79 Å². The number of ether oxygens (including phenoxy) is 1. The highest BCUT2D eigenvalue weighted by atomic mass is 16.5. The molecule has 16 heavy (non-hydrogen) atoms. The topological polar surface area (TPSA) is 29.5 Å². The summed E-state index contributed by atoms with van der Waals surface area (Å²) < 4.78 is 5.38. The van der Waals surface area contributed by atoms with Crippen LogP contribution < -0.4 is 0 Å². The molecule has 0 unspecified atom stereocenters. The average molecular weight is 225 g/mol. The van der Waals surface area contributed by atoms with Crippen LogP contribution in [-0.2, 0) is 9.53 Å². The highest BCUT2D eigenvalue weighted by Crippen LogP contribution is 2.22. The zero-order valence-electron chi connectivity index (χ0n) is 10.3. The largest absolute Gasteiger partial charge is 0.381 e. The van der Waals surface area contributed by atoms with Crippen molar-refractivity contribution in [2.24, 2.45) is 5.92 Å². The van der Waals surface area contributed by atoms with Gasteiger partial charge in [0.15, 0.2) is 0 Å². The average Bonchev–Trinajstić information content (AvgIpc) is 2.31. The molecule has 0 atom stereocenters. The smallest absolute Gasteiger partial charge is 0.133 e. The van der Waals surface area contributed by atoms with Gasteiger partial charge in [-0.2, -0.15) is 0 Å². The lowest BCUT2D eigenvalue weighted by atomic mass is 9.92. The Morgan fingerprint density at radius 2 is 1.81 bits per heavy atom. The molecule has 3 heteroatoms. The van der Waals surface area contributed by atoms with Gasteiger partial charge in [-0.15, -0.1) is 0 Å². The van der Waals surface area contributed by atoms with Crippen LogP contribution in [0.5, 0.6) is 0 Å². The van der Waals surface area contributed by atoms with Crippen LogP contribution >= 0.6 is 0 Å². The number of ketones is 1. The van der Waals surface area contributed by atoms with Crippen molar-refractivity contribution in [1.29, 1.82) is 0 Å². The van der Waals surface area contributed by atoms with Crippen LogP contribution in [0.1, 0.15) is 38.5 Å². The molecule has 1 aliphatic carbocycles. The third kappa shape index (κ3) is 3.29. The predicted octanol–water partition coefficient (Wildman–Crippen LogP) is 1.86. The normalized spacial score (nSPS) is 25.2. The summed E-state index contributed by atoms with van der Waals surface area (Å²) in [5, 5.41) is 0. The molecule has 1 saturated heterocycles. The maximum atomic E-state index is 11.2. The molecule has 2 aliphatic rings. The molecule has 0 aromatic rings. The van der Waals surface area contributed by atoms with Crippen molar-refractivity contribution in [3.8, 4) is 0 Å². The fourth-order valence-electron chi connectivity index (χ4n) is 2.85. The predicted molar refractivity (Wildman–Crippen MR) is 63.4 cm³/mol. The summed E-state index contributed by atoms with van der Waals surface area (Å²) in [4.78, 5) is 13.7. The van der Waals surface area contributed by atoms with Gasteiger partial charge >= 0.3 is 0 Å². The molecule has 92 valence electrons. The highest BCUT2D eigenvalue weighted by molar-refractivity contribution is 5.79. The Balaban J connectivity index is 1.73. The molecular formula is C13H23NO2. The number of carbonyl (C=O) groups is 1. The van der Waals surface area contributed by atoms with Crippen molar-refractivity contribution in [3.05, 3.63) is 0 Å². The third-order valence-corrected chi connectivity index (χ3v) is 4.02. The molecule has 0 N–H and O–H groups in total. The van der Waals surface area contributed by atoms with Gasteiger partial charge in [0.2, 0.25) is 0 Å². The molecule has 2 rings (SSSR count). The molecule has 0 radical (unpaired) electrons. The van der Waals surface area contributed by atoms with Crippen molar-refractivity contribution in [1.82, 2.24) is 4.90 Å². The van der Waals surface area contributed by atoms with Crippen molar-refractivity contribution in [2.75, 3.05) is 26.8 Å². The maximum Gasteiger partial charge on any atom is 0.133 e. The molecule has 0 spiro atoms. The fourth-order valence-corrected chi connectivity index (χ4v) is 2.85. The molecule has 0 aromatic carbocycles. The summed E-state index contributed by atoms with van der Waals surface area (Å²) in [5.41, 5.74) is 0. The monoisotopic (exact) mass is 225 g/mol. The first kappa shape index (κ1) is 12.1. The highest BCUT2D eigenvalue weighted by Gasteiger charge is 2.24. The van der Waals surface area contributed by atoms with E-state index in [1.165, 1.54) is 19.4 Å². The van der Waals surface area contributed by atoms with E-state index in [-0.39, 0.29) is 0 Å². The van der Waals surface area contributed by atoms with E-state index in [2.05, 4.69) is 11.9 Å². The molecule has 1 saturated carbocycles. The second-order valence-corrected chi connectivity index (χ2v) is 5.27. The van der Waals surface area contributed by atoms with E-state index in [9.17, 15) is 4.79 Å².